The van der Waals surface area contributed by atoms with E-state index in [0.717, 1.165) is 0 Å². The topological polar surface area (TPSA) is 77.4 Å². The zero-order valence-corrected chi connectivity index (χ0v) is 9.03. The maximum atomic E-state index is 11.1. The van der Waals surface area contributed by atoms with Crippen LogP contribution in [0.2, 0.25) is 0 Å². The Morgan fingerprint density at radius 2 is 1.79 bits per heavy atom. The second-order valence-corrected chi connectivity index (χ2v) is 4.58. The van der Waals surface area contributed by atoms with Crippen LogP contribution in [0.25, 0.3) is 0 Å². The molecule has 0 radical (unpaired) electrons. The predicted octanol–water partition coefficient (Wildman–Crippen LogP) is -1.85. The van der Waals surface area contributed by atoms with Crippen LogP contribution in [0.5, 0.6) is 0 Å². The van der Waals surface area contributed by atoms with Gasteiger partial charge in [0, 0.05) is 12.4 Å². The molecule has 0 saturated heterocycles. The summed E-state index contributed by atoms with van der Waals surface area (Å²) in [5, 5.41) is 20.2. The van der Waals surface area contributed by atoms with Crippen LogP contribution in [0, 0.1) is 0 Å². The summed E-state index contributed by atoms with van der Waals surface area (Å²) in [4.78, 5) is 21.5. The van der Waals surface area contributed by atoms with Gasteiger partial charge < -0.3 is 19.5 Å². The van der Waals surface area contributed by atoms with Crippen molar-refractivity contribution in [2.24, 2.45) is 0 Å². The van der Waals surface area contributed by atoms with Crippen molar-refractivity contribution in [2.75, 3.05) is 27.7 Å². The molecule has 1 unspecified atom stereocenters. The van der Waals surface area contributed by atoms with E-state index in [1.54, 1.807) is 21.1 Å². The molecule has 5 heteroatoms. The zero-order chi connectivity index (χ0) is 11.6. The number of aliphatic hydroxyl groups is 1. The largest absolute Gasteiger partial charge is 0.550 e. The normalized spacial score (nSPS) is 16.1. The number of rotatable bonds is 5. The van der Waals surface area contributed by atoms with Crippen molar-refractivity contribution >= 4 is 11.8 Å². The van der Waals surface area contributed by atoms with Crippen LogP contribution in [-0.2, 0) is 9.59 Å². The lowest BCUT2D eigenvalue weighted by atomic mass is 10.0. The Kier molecular flexibility index (Phi) is 3.79. The molecule has 0 aromatic carbocycles. The molecule has 14 heavy (non-hydrogen) atoms. The maximum Gasteiger partial charge on any atom is 0.176 e. The molecule has 0 rings (SSSR count). The van der Waals surface area contributed by atoms with Gasteiger partial charge in [0.15, 0.2) is 11.4 Å². The number of nitrogens with zero attached hydrogens (tertiary/aromatic N) is 1. The van der Waals surface area contributed by atoms with Crippen molar-refractivity contribution in [3.63, 3.8) is 0 Å². The molecule has 1 atom stereocenters. The lowest BCUT2D eigenvalue weighted by Gasteiger charge is -2.34. The van der Waals surface area contributed by atoms with Crippen molar-refractivity contribution in [3.8, 4) is 0 Å². The minimum Gasteiger partial charge on any atom is -0.550 e. The first-order chi connectivity index (χ1) is 6.07. The molecule has 0 aliphatic carbocycles. The standard InChI is InChI=1S/C9H17NO4/c1-7(11)9(14,5-8(12)13)6-10(2,3)4/h14H,5-6H2,1-4H3/i7+1. The van der Waals surface area contributed by atoms with Crippen molar-refractivity contribution in [1.82, 2.24) is 0 Å². The fourth-order valence-electron chi connectivity index (χ4n) is 1.32. The number of quaternary nitrogens is 1. The van der Waals surface area contributed by atoms with Crippen LogP contribution in [0.4, 0.5) is 0 Å². The first-order valence-corrected chi connectivity index (χ1v) is 4.30. The first-order valence-electron chi connectivity index (χ1n) is 4.30. The van der Waals surface area contributed by atoms with Gasteiger partial charge in [-0.2, -0.15) is 0 Å². The van der Waals surface area contributed by atoms with E-state index in [1.165, 1.54) is 6.92 Å². The van der Waals surface area contributed by atoms with Gasteiger partial charge in [-0.05, 0) is 6.92 Å². The van der Waals surface area contributed by atoms with Gasteiger partial charge in [0.2, 0.25) is 0 Å². The van der Waals surface area contributed by atoms with Gasteiger partial charge in [-0.3, -0.25) is 4.79 Å². The fourth-order valence-corrected chi connectivity index (χ4v) is 1.32. The van der Waals surface area contributed by atoms with Crippen molar-refractivity contribution in [1.29, 1.82) is 0 Å². The number of carboxylic acid groups (broad SMARTS) is 1. The Bertz CT molecular complexity index is 244. The van der Waals surface area contributed by atoms with Crippen molar-refractivity contribution < 1.29 is 24.3 Å². The van der Waals surface area contributed by atoms with E-state index in [0.29, 0.717) is 4.48 Å². The number of likely N-dealkylation sites (N-methyl/N-ethyl adjacent to an activating group) is 1. The summed E-state index contributed by atoms with van der Waals surface area (Å²) < 4.78 is 0.309. The highest BCUT2D eigenvalue weighted by atomic mass is 16.4. The Labute approximate surface area is 83.5 Å². The summed E-state index contributed by atoms with van der Waals surface area (Å²) >= 11 is 0. The molecule has 0 aliphatic heterocycles. The number of aliphatic carboxylic acids is 1. The lowest BCUT2D eigenvalue weighted by Crippen LogP contribution is -2.55. The average Bonchev–Trinajstić information content (AvgIpc) is 1.79. The molecule has 0 saturated carbocycles. The second-order valence-electron chi connectivity index (χ2n) is 4.58. The van der Waals surface area contributed by atoms with E-state index >= 15 is 0 Å². The Hall–Kier alpha value is -0.940. The van der Waals surface area contributed by atoms with E-state index in [-0.39, 0.29) is 6.54 Å². The molecule has 0 aromatic rings. The molecule has 5 nitrogen and oxygen atoms in total. The molecule has 82 valence electrons. The fraction of sp³-hybridized carbons (Fsp3) is 0.778. The van der Waals surface area contributed by atoms with E-state index in [2.05, 4.69) is 0 Å². The van der Waals surface area contributed by atoms with Crippen LogP contribution < -0.4 is 5.11 Å². The minimum absolute atomic E-state index is 0.0519. The smallest absolute Gasteiger partial charge is 0.176 e. The summed E-state index contributed by atoms with van der Waals surface area (Å²) in [5.74, 6) is -1.97. The van der Waals surface area contributed by atoms with Crippen molar-refractivity contribution in [3.05, 3.63) is 0 Å². The molecule has 0 aromatic heterocycles. The molecule has 0 aliphatic rings. The summed E-state index contributed by atoms with van der Waals surface area (Å²) in [6, 6.07) is 0. The molecular formula is C9H17NO4. The van der Waals surface area contributed by atoms with Crippen molar-refractivity contribution in [2.45, 2.75) is 18.9 Å². The van der Waals surface area contributed by atoms with E-state index in [9.17, 15) is 19.8 Å². The van der Waals surface area contributed by atoms with Gasteiger partial charge in [0.1, 0.15) is 6.54 Å². The summed E-state index contributed by atoms with van der Waals surface area (Å²) in [7, 11) is 5.30. The number of carbonyl (C=O) groups excluding carboxylic acids is 2. The molecule has 0 spiro atoms. The Balaban J connectivity index is 4.73. The number of hydrogen-bond donors (Lipinski definition) is 1. The molecule has 0 amide bonds. The lowest BCUT2D eigenvalue weighted by molar-refractivity contribution is -0.875. The summed E-state index contributed by atoms with van der Waals surface area (Å²) in [5.41, 5.74) is -1.82. The SMILES string of the molecule is C[13C](=O)C(O)(CC(=O)[O-])C[N+](C)(C)C. The van der Waals surface area contributed by atoms with Crippen LogP contribution in [0.3, 0.4) is 0 Å². The van der Waals surface area contributed by atoms with Gasteiger partial charge in [-0.1, -0.05) is 0 Å². The number of ketones is 1. The molecule has 0 bridgehead atoms. The van der Waals surface area contributed by atoms with E-state index in [1.807, 2.05) is 0 Å². The van der Waals surface area contributed by atoms with Crippen LogP contribution in [0.15, 0.2) is 0 Å². The minimum atomic E-state index is -1.82. The molecular weight excluding hydrogens is 187 g/mol. The molecule has 1 N–H and O–H groups in total. The van der Waals surface area contributed by atoms with Crippen LogP contribution >= 0.6 is 0 Å². The Morgan fingerprint density at radius 3 is 2.00 bits per heavy atom. The average molecular weight is 204 g/mol. The third-order valence-electron chi connectivity index (χ3n) is 1.83. The number of Topliss-reactive ketones (excluding diaryl/α,β-unsaturated/α-hetero) is 1. The van der Waals surface area contributed by atoms with Gasteiger partial charge in [-0.15, -0.1) is 0 Å². The predicted molar refractivity (Wildman–Crippen MR) is 48.2 cm³/mol. The van der Waals surface area contributed by atoms with Crippen LogP contribution in [0.1, 0.15) is 13.3 Å². The highest BCUT2D eigenvalue weighted by molar-refractivity contribution is 5.88. The Morgan fingerprint density at radius 1 is 1.36 bits per heavy atom. The third-order valence-corrected chi connectivity index (χ3v) is 1.83. The zero-order valence-electron chi connectivity index (χ0n) is 9.03. The number of hydrogen-bond acceptors (Lipinski definition) is 4. The molecule has 0 fully saturated rings. The van der Waals surface area contributed by atoms with Gasteiger partial charge in [0.05, 0.1) is 21.1 Å². The highest BCUT2D eigenvalue weighted by Gasteiger charge is 2.38. The van der Waals surface area contributed by atoms with Crippen LogP contribution in [-0.4, -0.2) is 54.6 Å². The van der Waals surface area contributed by atoms with Gasteiger partial charge in [-0.25, -0.2) is 0 Å². The number of carbonyl (C=O) groups is 2. The van der Waals surface area contributed by atoms with Gasteiger partial charge in [0.25, 0.3) is 0 Å². The third kappa shape index (κ3) is 4.34. The van der Waals surface area contributed by atoms with Gasteiger partial charge >= 0.3 is 0 Å². The first kappa shape index (κ1) is 13.1. The summed E-state index contributed by atoms with van der Waals surface area (Å²) in [6.07, 6.45) is -0.655. The second kappa shape index (κ2) is 4.06. The molecule has 0 heterocycles. The highest BCUT2D eigenvalue weighted by Crippen LogP contribution is 2.15. The maximum absolute atomic E-state index is 11.1. The monoisotopic (exact) mass is 204 g/mol. The number of carboxylic acids is 1. The summed E-state index contributed by atoms with van der Waals surface area (Å²) in [6.45, 7) is 1.23. The van der Waals surface area contributed by atoms with E-state index in [4.69, 9.17) is 0 Å². The quantitative estimate of drug-likeness (QED) is 0.421. The van der Waals surface area contributed by atoms with E-state index < -0.39 is 23.8 Å².